The minimum absolute atomic E-state index is 0.417. The van der Waals surface area contributed by atoms with Crippen molar-refractivity contribution in [3.8, 4) is 17.2 Å². The largest absolute Gasteiger partial charge is 0.489 e. The fourth-order valence-corrected chi connectivity index (χ4v) is 2.50. The van der Waals surface area contributed by atoms with Crippen LogP contribution in [0.3, 0.4) is 0 Å². The number of carbonyl (C=O) groups is 1. The minimum atomic E-state index is -0.417. The van der Waals surface area contributed by atoms with E-state index in [9.17, 15) is 4.79 Å². The maximum atomic E-state index is 12.4. The first-order valence-electron chi connectivity index (χ1n) is 9.40. The van der Waals surface area contributed by atoms with Crippen LogP contribution >= 0.6 is 0 Å². The van der Waals surface area contributed by atoms with Gasteiger partial charge in [-0.15, -0.1) is 0 Å². The SMILES string of the molecule is CC.COC1=C=C(C(=O)Oc2ccc(Oc3ccccc3)cc2)CCC(C)=C1. The number of rotatable bonds is 5. The zero-order valence-electron chi connectivity index (χ0n) is 16.8. The molecule has 0 amide bonds. The molecule has 2 aromatic carbocycles. The molecule has 0 N–H and O–H groups in total. The van der Waals surface area contributed by atoms with Gasteiger partial charge in [0.25, 0.3) is 0 Å². The number of hydrogen-bond acceptors (Lipinski definition) is 4. The zero-order chi connectivity index (χ0) is 20.4. The van der Waals surface area contributed by atoms with E-state index in [4.69, 9.17) is 14.2 Å². The molecule has 0 heterocycles. The van der Waals surface area contributed by atoms with Crippen LogP contribution in [0.4, 0.5) is 0 Å². The van der Waals surface area contributed by atoms with Crippen molar-refractivity contribution in [2.75, 3.05) is 7.11 Å². The minimum Gasteiger partial charge on any atom is -0.489 e. The lowest BCUT2D eigenvalue weighted by Crippen LogP contribution is -2.10. The maximum Gasteiger partial charge on any atom is 0.347 e. The Morgan fingerprint density at radius 1 is 0.893 bits per heavy atom. The first-order valence-corrected chi connectivity index (χ1v) is 9.40. The third-order valence-corrected chi connectivity index (χ3v) is 3.90. The second kappa shape index (κ2) is 10.8. The Morgan fingerprint density at radius 3 is 2.14 bits per heavy atom. The second-order valence-electron chi connectivity index (χ2n) is 5.94. The summed E-state index contributed by atoms with van der Waals surface area (Å²) in [6.07, 6.45) is 3.23. The Kier molecular flexibility index (Phi) is 8.13. The highest BCUT2D eigenvalue weighted by molar-refractivity contribution is 5.90. The van der Waals surface area contributed by atoms with Crippen molar-refractivity contribution in [2.24, 2.45) is 0 Å². The molecule has 3 rings (SSSR count). The lowest BCUT2D eigenvalue weighted by molar-refractivity contribution is -0.130. The summed E-state index contributed by atoms with van der Waals surface area (Å²) in [5, 5.41) is 0. The Hall–Kier alpha value is -3.23. The van der Waals surface area contributed by atoms with Crippen molar-refractivity contribution in [3.63, 3.8) is 0 Å². The fraction of sp³-hybridized carbons (Fsp3) is 0.250. The van der Waals surface area contributed by atoms with Gasteiger partial charge in [-0.2, -0.15) is 0 Å². The first-order chi connectivity index (χ1) is 13.6. The van der Waals surface area contributed by atoms with Crippen LogP contribution in [0.2, 0.25) is 0 Å². The van der Waals surface area contributed by atoms with E-state index in [0.29, 0.717) is 29.3 Å². The fourth-order valence-electron chi connectivity index (χ4n) is 2.50. The summed E-state index contributed by atoms with van der Waals surface area (Å²) >= 11 is 0. The van der Waals surface area contributed by atoms with Crippen LogP contribution in [0, 0.1) is 0 Å². The van der Waals surface area contributed by atoms with Gasteiger partial charge < -0.3 is 14.2 Å². The van der Waals surface area contributed by atoms with Crippen LogP contribution in [0.15, 0.2) is 83.3 Å². The van der Waals surface area contributed by atoms with E-state index in [0.717, 1.165) is 17.7 Å². The summed E-state index contributed by atoms with van der Waals surface area (Å²) in [6, 6.07) is 16.4. The summed E-state index contributed by atoms with van der Waals surface area (Å²) < 4.78 is 16.4. The maximum absolute atomic E-state index is 12.4. The van der Waals surface area contributed by atoms with Crippen molar-refractivity contribution >= 4 is 5.97 Å². The van der Waals surface area contributed by atoms with Crippen molar-refractivity contribution < 1.29 is 19.0 Å². The molecule has 0 saturated heterocycles. The Labute approximate surface area is 166 Å². The molecule has 0 radical (unpaired) electrons. The second-order valence-corrected chi connectivity index (χ2v) is 5.94. The predicted octanol–water partition coefficient (Wildman–Crippen LogP) is 6.21. The van der Waals surface area contributed by atoms with Crippen LogP contribution in [0.25, 0.3) is 0 Å². The number of para-hydroxylation sites is 1. The number of hydrogen-bond donors (Lipinski definition) is 0. The Bertz CT molecular complexity index is 871. The van der Waals surface area contributed by atoms with Crippen molar-refractivity contribution in [2.45, 2.75) is 33.6 Å². The molecule has 0 atom stereocenters. The molecule has 1 aliphatic rings. The molecule has 0 aliphatic heterocycles. The number of esters is 1. The number of ether oxygens (including phenoxy) is 3. The van der Waals surface area contributed by atoms with Crippen LogP contribution in [0.5, 0.6) is 17.2 Å². The average Bonchev–Trinajstić information content (AvgIpc) is 2.93. The summed E-state index contributed by atoms with van der Waals surface area (Å²) in [7, 11) is 1.56. The zero-order valence-corrected chi connectivity index (χ0v) is 16.8. The van der Waals surface area contributed by atoms with Gasteiger partial charge in [0.15, 0.2) is 5.76 Å². The molecule has 146 valence electrons. The van der Waals surface area contributed by atoms with Crippen molar-refractivity contribution in [3.05, 3.63) is 83.3 Å². The van der Waals surface area contributed by atoms with Gasteiger partial charge >= 0.3 is 5.97 Å². The number of allylic oxidation sites excluding steroid dienone is 1. The van der Waals surface area contributed by atoms with Gasteiger partial charge in [-0.1, -0.05) is 43.4 Å². The summed E-state index contributed by atoms with van der Waals surface area (Å²) in [5.74, 6) is 2.00. The van der Waals surface area contributed by atoms with Crippen molar-refractivity contribution in [1.82, 2.24) is 0 Å². The molecule has 0 fully saturated rings. The number of benzene rings is 2. The van der Waals surface area contributed by atoms with Gasteiger partial charge in [-0.05, 0) is 62.2 Å². The molecule has 1 aliphatic carbocycles. The van der Waals surface area contributed by atoms with Crippen LogP contribution < -0.4 is 9.47 Å². The summed E-state index contributed by atoms with van der Waals surface area (Å²) in [6.45, 7) is 6.00. The Balaban J connectivity index is 0.00000136. The molecule has 0 unspecified atom stereocenters. The molecular weight excluding hydrogens is 352 g/mol. The van der Waals surface area contributed by atoms with Crippen LogP contribution in [0.1, 0.15) is 33.6 Å². The molecule has 0 aromatic heterocycles. The molecule has 0 spiro atoms. The van der Waals surface area contributed by atoms with Crippen LogP contribution in [-0.4, -0.2) is 13.1 Å². The highest BCUT2D eigenvalue weighted by Gasteiger charge is 2.15. The highest BCUT2D eigenvalue weighted by Crippen LogP contribution is 2.25. The molecule has 4 heteroatoms. The molecular formula is C24H26O4. The summed E-state index contributed by atoms with van der Waals surface area (Å²) in [5.41, 5.74) is 4.61. The standard InChI is InChI=1S/C22H20O4.C2H6/c1-16-8-9-17(15-21(14-16)24-2)22(23)26-20-12-10-19(11-13-20)25-18-6-4-3-5-7-18;1-2/h3-7,10-14H,8-9H2,1-2H3;1-2H3. The van der Waals surface area contributed by atoms with E-state index < -0.39 is 5.97 Å². The normalized spacial score (nSPS) is 12.9. The van der Waals surface area contributed by atoms with E-state index >= 15 is 0 Å². The van der Waals surface area contributed by atoms with E-state index in [1.165, 1.54) is 0 Å². The van der Waals surface area contributed by atoms with Gasteiger partial charge in [0, 0.05) is 0 Å². The topological polar surface area (TPSA) is 44.8 Å². The van der Waals surface area contributed by atoms with Crippen molar-refractivity contribution in [1.29, 1.82) is 0 Å². The molecule has 2 aromatic rings. The van der Waals surface area contributed by atoms with Crippen LogP contribution in [-0.2, 0) is 9.53 Å². The Morgan fingerprint density at radius 2 is 1.50 bits per heavy atom. The third kappa shape index (κ3) is 6.19. The predicted molar refractivity (Wildman–Crippen MR) is 110 cm³/mol. The van der Waals surface area contributed by atoms with Gasteiger partial charge in [0.2, 0.25) is 0 Å². The quantitative estimate of drug-likeness (QED) is 0.353. The molecule has 28 heavy (non-hydrogen) atoms. The smallest absolute Gasteiger partial charge is 0.347 e. The van der Waals surface area contributed by atoms with Gasteiger partial charge in [-0.25, -0.2) is 4.79 Å². The van der Waals surface area contributed by atoms with Gasteiger partial charge in [-0.3, -0.25) is 0 Å². The molecule has 0 bridgehead atoms. The molecule has 4 nitrogen and oxygen atoms in total. The van der Waals surface area contributed by atoms with E-state index in [1.54, 1.807) is 31.4 Å². The van der Waals surface area contributed by atoms with Gasteiger partial charge in [0.1, 0.15) is 17.2 Å². The number of methoxy groups -OCH3 is 1. The lowest BCUT2D eigenvalue weighted by Gasteiger charge is -2.08. The van der Waals surface area contributed by atoms with Gasteiger partial charge in [0.05, 0.1) is 12.7 Å². The highest BCUT2D eigenvalue weighted by atomic mass is 16.5. The van der Waals surface area contributed by atoms with E-state index in [1.807, 2.05) is 57.2 Å². The third-order valence-electron chi connectivity index (χ3n) is 3.90. The average molecular weight is 378 g/mol. The molecule has 0 saturated carbocycles. The first kappa shape index (κ1) is 21.1. The lowest BCUT2D eigenvalue weighted by atomic mass is 10.1. The monoisotopic (exact) mass is 378 g/mol. The van der Waals surface area contributed by atoms with E-state index in [-0.39, 0.29) is 0 Å². The van der Waals surface area contributed by atoms with E-state index in [2.05, 4.69) is 5.73 Å². The number of carbonyl (C=O) groups excluding carboxylic acids is 1. The summed E-state index contributed by atoms with van der Waals surface area (Å²) in [4.78, 5) is 12.4.